The van der Waals surface area contributed by atoms with Gasteiger partial charge in [0.1, 0.15) is 5.75 Å². The number of para-hydroxylation sites is 2. The molecule has 1 aliphatic heterocycles. The Morgan fingerprint density at radius 3 is 2.53 bits per heavy atom. The van der Waals surface area contributed by atoms with Gasteiger partial charge in [-0.05, 0) is 31.4 Å². The third-order valence-corrected chi connectivity index (χ3v) is 5.40. The molecule has 0 aromatic heterocycles. The summed E-state index contributed by atoms with van der Waals surface area (Å²) in [5, 5.41) is 2.79. The number of amides is 5. The number of benzene rings is 1. The topological polar surface area (TPSA) is 99.3 Å². The molecule has 1 aromatic rings. The second-order valence-corrected chi connectivity index (χ2v) is 7.57. The Labute approximate surface area is 175 Å². The maximum absolute atomic E-state index is 12.8. The lowest BCUT2D eigenvalue weighted by molar-refractivity contribution is -0.144. The molecular formula is C21H28N4O5. The first kappa shape index (κ1) is 21.8. The van der Waals surface area contributed by atoms with Crippen LogP contribution in [0.5, 0.6) is 5.75 Å². The monoisotopic (exact) mass is 416 g/mol. The van der Waals surface area contributed by atoms with E-state index >= 15 is 0 Å². The Morgan fingerprint density at radius 2 is 1.87 bits per heavy atom. The summed E-state index contributed by atoms with van der Waals surface area (Å²) < 4.78 is 5.24. The summed E-state index contributed by atoms with van der Waals surface area (Å²) in [7, 11) is 1.52. The number of nitrogens with one attached hydrogen (secondary N) is 1. The summed E-state index contributed by atoms with van der Waals surface area (Å²) in [4.78, 5) is 53.9. The molecule has 9 heteroatoms. The number of anilines is 1. The van der Waals surface area contributed by atoms with Gasteiger partial charge in [-0.15, -0.1) is 0 Å². The van der Waals surface area contributed by atoms with Gasteiger partial charge in [-0.1, -0.05) is 31.9 Å². The lowest BCUT2D eigenvalue weighted by atomic mass is 10.2. The van der Waals surface area contributed by atoms with Crippen LogP contribution in [0.25, 0.3) is 0 Å². The third kappa shape index (κ3) is 4.62. The van der Waals surface area contributed by atoms with Crippen LogP contribution in [-0.4, -0.2) is 71.4 Å². The van der Waals surface area contributed by atoms with Gasteiger partial charge in [-0.2, -0.15) is 0 Å². The van der Waals surface area contributed by atoms with Gasteiger partial charge < -0.3 is 10.1 Å². The number of nitrogens with zero attached hydrogens (tertiary/aromatic N) is 3. The molecule has 9 nitrogen and oxygen atoms in total. The van der Waals surface area contributed by atoms with Gasteiger partial charge in [0.25, 0.3) is 0 Å². The summed E-state index contributed by atoms with van der Waals surface area (Å²) in [5.74, 6) is -1.35. The Balaban J connectivity index is 1.66. The summed E-state index contributed by atoms with van der Waals surface area (Å²) in [6.45, 7) is 2.31. The van der Waals surface area contributed by atoms with E-state index in [4.69, 9.17) is 4.74 Å². The highest BCUT2D eigenvalue weighted by molar-refractivity contribution is 6.44. The highest BCUT2D eigenvalue weighted by atomic mass is 16.5. The Morgan fingerprint density at radius 1 is 1.17 bits per heavy atom. The smallest absolute Gasteiger partial charge is 0.335 e. The first-order valence-electron chi connectivity index (χ1n) is 10.3. The summed E-state index contributed by atoms with van der Waals surface area (Å²) in [5.41, 5.74) is 0.539. The van der Waals surface area contributed by atoms with Crippen LogP contribution >= 0.6 is 0 Å². The predicted molar refractivity (Wildman–Crippen MR) is 110 cm³/mol. The standard InChI is InChI=1S/C21H28N4O5/c1-3-12-23(13-18(26)22-16-10-6-7-11-17(16)30-2)14-24-19(27)20(28)25(21(24)29)15-8-4-5-9-15/h6-7,10-11,15H,3-5,8-9,12-14H2,1-2H3,(H,22,26). The molecule has 0 unspecified atom stereocenters. The molecule has 162 valence electrons. The molecule has 30 heavy (non-hydrogen) atoms. The fraction of sp³-hybridized carbons (Fsp3) is 0.524. The Kier molecular flexibility index (Phi) is 7.04. The van der Waals surface area contributed by atoms with Crippen molar-refractivity contribution in [3.05, 3.63) is 24.3 Å². The number of rotatable bonds is 9. The zero-order valence-corrected chi connectivity index (χ0v) is 17.4. The van der Waals surface area contributed by atoms with Crippen molar-refractivity contribution in [3.63, 3.8) is 0 Å². The van der Waals surface area contributed by atoms with Gasteiger partial charge in [0.15, 0.2) is 0 Å². The zero-order valence-electron chi connectivity index (χ0n) is 17.4. The van der Waals surface area contributed by atoms with E-state index in [1.165, 1.54) is 7.11 Å². The van der Waals surface area contributed by atoms with Gasteiger partial charge in [0.2, 0.25) is 5.91 Å². The number of imide groups is 2. The number of ether oxygens (including phenoxy) is 1. The van der Waals surface area contributed by atoms with Crippen molar-refractivity contribution in [1.29, 1.82) is 0 Å². The molecule has 1 aromatic carbocycles. The molecule has 1 aliphatic carbocycles. The second-order valence-electron chi connectivity index (χ2n) is 7.57. The molecule has 3 rings (SSSR count). The van der Waals surface area contributed by atoms with Crippen molar-refractivity contribution in [3.8, 4) is 5.75 Å². The molecule has 1 saturated heterocycles. The van der Waals surface area contributed by atoms with Gasteiger partial charge in [0.05, 0.1) is 26.0 Å². The number of urea groups is 1. The molecular weight excluding hydrogens is 388 g/mol. The Bertz CT molecular complexity index is 821. The van der Waals surface area contributed by atoms with Crippen LogP contribution in [0.3, 0.4) is 0 Å². The first-order valence-corrected chi connectivity index (χ1v) is 10.3. The lowest BCUT2D eigenvalue weighted by Gasteiger charge is -2.26. The minimum atomic E-state index is -0.821. The van der Waals surface area contributed by atoms with Crippen molar-refractivity contribution >= 4 is 29.4 Å². The van der Waals surface area contributed by atoms with Gasteiger partial charge in [-0.3, -0.25) is 24.2 Å². The highest BCUT2D eigenvalue weighted by Gasteiger charge is 2.48. The molecule has 5 amide bonds. The van der Waals surface area contributed by atoms with Crippen LogP contribution in [0.1, 0.15) is 39.0 Å². The number of hydrogen-bond donors (Lipinski definition) is 1. The van der Waals surface area contributed by atoms with Gasteiger partial charge >= 0.3 is 17.8 Å². The SMILES string of the molecule is CCCN(CC(=O)Nc1ccccc1OC)CN1C(=O)C(=O)N(C2CCCC2)C1=O. The van der Waals surface area contributed by atoms with Gasteiger partial charge in [-0.25, -0.2) is 9.69 Å². The molecule has 0 atom stereocenters. The van der Waals surface area contributed by atoms with Crippen molar-refractivity contribution in [2.24, 2.45) is 0 Å². The molecule has 0 bridgehead atoms. The Hall–Kier alpha value is -2.94. The lowest BCUT2D eigenvalue weighted by Crippen LogP contribution is -2.46. The van der Waals surface area contributed by atoms with Gasteiger partial charge in [0, 0.05) is 12.6 Å². The minimum absolute atomic E-state index is 0.0272. The van der Waals surface area contributed by atoms with E-state index in [0.29, 0.717) is 18.0 Å². The fourth-order valence-electron chi connectivity index (χ4n) is 3.99. The average Bonchev–Trinajstić information content (AvgIpc) is 3.32. The maximum atomic E-state index is 12.8. The third-order valence-electron chi connectivity index (χ3n) is 5.40. The molecule has 2 fully saturated rings. The normalized spacial score (nSPS) is 17.4. The molecule has 1 saturated carbocycles. The first-order chi connectivity index (χ1) is 14.5. The van der Waals surface area contributed by atoms with Crippen molar-refractivity contribution in [2.75, 3.05) is 32.2 Å². The summed E-state index contributed by atoms with van der Waals surface area (Å²) in [6, 6.07) is 6.27. The van der Waals surface area contributed by atoms with Crippen LogP contribution in [0, 0.1) is 0 Å². The van der Waals surface area contributed by atoms with Crippen molar-refractivity contribution in [2.45, 2.75) is 45.1 Å². The van der Waals surface area contributed by atoms with E-state index in [0.717, 1.165) is 41.9 Å². The maximum Gasteiger partial charge on any atom is 0.335 e. The minimum Gasteiger partial charge on any atom is -0.495 e. The van der Waals surface area contributed by atoms with Crippen LogP contribution in [-0.2, 0) is 14.4 Å². The number of methoxy groups -OCH3 is 1. The summed E-state index contributed by atoms with van der Waals surface area (Å²) >= 11 is 0. The van der Waals surface area contributed by atoms with Crippen LogP contribution < -0.4 is 10.1 Å². The summed E-state index contributed by atoms with van der Waals surface area (Å²) in [6.07, 6.45) is 4.08. The van der Waals surface area contributed by atoms with E-state index in [-0.39, 0.29) is 25.2 Å². The average molecular weight is 416 g/mol. The molecule has 1 heterocycles. The van der Waals surface area contributed by atoms with Crippen LogP contribution in [0.15, 0.2) is 24.3 Å². The van der Waals surface area contributed by atoms with Crippen molar-refractivity contribution < 1.29 is 23.9 Å². The number of carbonyl (C=O) groups is 4. The van der Waals surface area contributed by atoms with E-state index in [1.807, 2.05) is 6.92 Å². The highest BCUT2D eigenvalue weighted by Crippen LogP contribution is 2.28. The molecule has 0 radical (unpaired) electrons. The van der Waals surface area contributed by atoms with Crippen LogP contribution in [0.2, 0.25) is 0 Å². The largest absolute Gasteiger partial charge is 0.495 e. The second kappa shape index (κ2) is 9.71. The molecule has 1 N–H and O–H groups in total. The van der Waals surface area contributed by atoms with Crippen LogP contribution in [0.4, 0.5) is 10.5 Å². The van der Waals surface area contributed by atoms with Crippen molar-refractivity contribution in [1.82, 2.24) is 14.7 Å². The van der Waals surface area contributed by atoms with E-state index < -0.39 is 17.8 Å². The van der Waals surface area contributed by atoms with E-state index in [9.17, 15) is 19.2 Å². The zero-order chi connectivity index (χ0) is 21.7. The quantitative estimate of drug-likeness (QED) is 0.489. The van der Waals surface area contributed by atoms with E-state index in [2.05, 4.69) is 5.32 Å². The number of hydrogen-bond acceptors (Lipinski definition) is 6. The molecule has 2 aliphatic rings. The van der Waals surface area contributed by atoms with E-state index in [1.54, 1.807) is 29.2 Å². The predicted octanol–water partition coefficient (Wildman–Crippen LogP) is 2.04. The molecule has 0 spiro atoms. The number of carbonyl (C=O) groups excluding carboxylic acids is 4. The fourth-order valence-corrected chi connectivity index (χ4v) is 3.99.